The molecule has 1 heterocycles. The minimum Gasteiger partial charge on any atom is -0.458 e. The number of piperidine rings is 1. The molecular formula is C10H19NO3. The van der Waals surface area contributed by atoms with Crippen molar-refractivity contribution in [2.24, 2.45) is 0 Å². The van der Waals surface area contributed by atoms with E-state index in [4.69, 9.17) is 4.74 Å². The molecule has 1 aliphatic rings. The molecule has 2 N–H and O–H groups in total. The minimum absolute atomic E-state index is 0.294. The van der Waals surface area contributed by atoms with E-state index in [-0.39, 0.29) is 0 Å². The summed E-state index contributed by atoms with van der Waals surface area (Å²) in [6.07, 6.45) is 1.28. The van der Waals surface area contributed by atoms with Crippen LogP contribution < -0.4 is 5.32 Å². The quantitative estimate of drug-likeness (QED) is 0.604. The normalized spacial score (nSPS) is 28.6. The summed E-state index contributed by atoms with van der Waals surface area (Å²) in [4.78, 5) is 11.6. The second-order valence-electron chi connectivity index (χ2n) is 4.81. The molecule has 0 aliphatic carbocycles. The average Bonchev–Trinajstić information content (AvgIpc) is 2.02. The van der Waals surface area contributed by atoms with Crippen molar-refractivity contribution in [3.63, 3.8) is 0 Å². The number of rotatable bonds is 1. The summed E-state index contributed by atoms with van der Waals surface area (Å²) >= 11 is 0. The van der Waals surface area contributed by atoms with E-state index in [0.29, 0.717) is 13.0 Å². The van der Waals surface area contributed by atoms with E-state index in [2.05, 4.69) is 5.32 Å². The molecule has 4 nitrogen and oxygen atoms in total. The fourth-order valence-electron chi connectivity index (χ4n) is 1.44. The van der Waals surface area contributed by atoms with Gasteiger partial charge in [-0.3, -0.25) is 0 Å². The molecule has 1 fully saturated rings. The summed E-state index contributed by atoms with van der Waals surface area (Å²) < 4.78 is 5.15. The van der Waals surface area contributed by atoms with Crippen LogP contribution in [0.2, 0.25) is 0 Å². The van der Waals surface area contributed by atoms with Gasteiger partial charge in [0.2, 0.25) is 0 Å². The van der Waals surface area contributed by atoms with Crippen LogP contribution in [0.5, 0.6) is 0 Å². The third-order valence-corrected chi connectivity index (χ3v) is 2.14. The van der Waals surface area contributed by atoms with Crippen molar-refractivity contribution in [3.8, 4) is 0 Å². The molecule has 0 aromatic heterocycles. The zero-order chi connectivity index (χ0) is 10.8. The van der Waals surface area contributed by atoms with E-state index in [1.165, 1.54) is 0 Å². The van der Waals surface area contributed by atoms with Crippen LogP contribution in [0.4, 0.5) is 0 Å². The van der Waals surface area contributed by atoms with Crippen LogP contribution in [0.25, 0.3) is 0 Å². The molecule has 0 aromatic rings. The van der Waals surface area contributed by atoms with Crippen molar-refractivity contribution >= 4 is 5.97 Å². The summed E-state index contributed by atoms with van der Waals surface area (Å²) in [6, 6.07) is 0. The first-order valence-electron chi connectivity index (χ1n) is 5.00. The highest BCUT2D eigenvalue weighted by Crippen LogP contribution is 2.20. The van der Waals surface area contributed by atoms with Crippen LogP contribution in [0.15, 0.2) is 0 Å². The summed E-state index contributed by atoms with van der Waals surface area (Å²) in [7, 11) is 0. The van der Waals surface area contributed by atoms with E-state index in [9.17, 15) is 9.90 Å². The molecule has 0 aromatic carbocycles. The van der Waals surface area contributed by atoms with E-state index in [1.54, 1.807) is 20.8 Å². The van der Waals surface area contributed by atoms with Crippen molar-refractivity contribution in [3.05, 3.63) is 0 Å². The van der Waals surface area contributed by atoms with E-state index in [0.717, 1.165) is 13.0 Å². The Morgan fingerprint density at radius 2 is 2.14 bits per heavy atom. The highest BCUT2D eigenvalue weighted by atomic mass is 16.6. The Bertz CT molecular complexity index is 214. The van der Waals surface area contributed by atoms with Gasteiger partial charge in [-0.05, 0) is 40.2 Å². The second kappa shape index (κ2) is 3.87. The smallest absolute Gasteiger partial charge is 0.339 e. The Morgan fingerprint density at radius 1 is 1.50 bits per heavy atom. The van der Waals surface area contributed by atoms with Gasteiger partial charge >= 0.3 is 5.97 Å². The third kappa shape index (κ3) is 2.96. The predicted octanol–water partition coefficient (Wildman–Crippen LogP) is 0.443. The lowest BCUT2D eigenvalue weighted by Crippen LogP contribution is -2.53. The third-order valence-electron chi connectivity index (χ3n) is 2.14. The van der Waals surface area contributed by atoms with Crippen molar-refractivity contribution < 1.29 is 14.6 Å². The van der Waals surface area contributed by atoms with Crippen molar-refractivity contribution in [2.45, 2.75) is 44.8 Å². The van der Waals surface area contributed by atoms with Crippen LogP contribution in [-0.4, -0.2) is 35.4 Å². The second-order valence-corrected chi connectivity index (χ2v) is 4.81. The molecule has 1 atom stereocenters. The predicted molar refractivity (Wildman–Crippen MR) is 52.9 cm³/mol. The van der Waals surface area contributed by atoms with Gasteiger partial charge in [0.1, 0.15) is 5.60 Å². The number of nitrogens with one attached hydrogen (secondary N) is 1. The highest BCUT2D eigenvalue weighted by Gasteiger charge is 2.40. The maximum Gasteiger partial charge on any atom is 0.339 e. The monoisotopic (exact) mass is 201 g/mol. The molecule has 1 aliphatic heterocycles. The number of ether oxygens (including phenoxy) is 1. The molecule has 0 radical (unpaired) electrons. The molecule has 14 heavy (non-hydrogen) atoms. The molecule has 0 spiro atoms. The van der Waals surface area contributed by atoms with Crippen molar-refractivity contribution in [1.29, 1.82) is 0 Å². The number of carbonyl (C=O) groups is 1. The molecule has 82 valence electrons. The zero-order valence-electron chi connectivity index (χ0n) is 9.09. The van der Waals surface area contributed by atoms with Crippen molar-refractivity contribution in [1.82, 2.24) is 5.32 Å². The Hall–Kier alpha value is -0.610. The Morgan fingerprint density at radius 3 is 2.57 bits per heavy atom. The molecule has 1 unspecified atom stereocenters. The number of esters is 1. The maximum atomic E-state index is 11.6. The van der Waals surface area contributed by atoms with Gasteiger partial charge in [-0.1, -0.05) is 0 Å². The largest absolute Gasteiger partial charge is 0.458 e. The van der Waals surface area contributed by atoms with Gasteiger partial charge in [0.25, 0.3) is 0 Å². The van der Waals surface area contributed by atoms with Gasteiger partial charge in [0, 0.05) is 6.54 Å². The van der Waals surface area contributed by atoms with Gasteiger partial charge in [0.15, 0.2) is 5.60 Å². The molecule has 1 rings (SSSR count). The number of hydrogen-bond donors (Lipinski definition) is 2. The van der Waals surface area contributed by atoms with Crippen LogP contribution in [0.3, 0.4) is 0 Å². The van der Waals surface area contributed by atoms with Crippen LogP contribution in [0, 0.1) is 0 Å². The lowest BCUT2D eigenvalue weighted by molar-refractivity contribution is -0.178. The number of aliphatic hydroxyl groups is 1. The first-order valence-corrected chi connectivity index (χ1v) is 5.00. The van der Waals surface area contributed by atoms with Gasteiger partial charge in [-0.15, -0.1) is 0 Å². The molecule has 0 bridgehead atoms. The van der Waals surface area contributed by atoms with Crippen LogP contribution in [0.1, 0.15) is 33.6 Å². The van der Waals surface area contributed by atoms with Crippen molar-refractivity contribution in [2.75, 3.05) is 13.1 Å². The summed E-state index contributed by atoms with van der Waals surface area (Å²) in [5.74, 6) is -0.516. The number of carbonyl (C=O) groups excluding carboxylic acids is 1. The van der Waals surface area contributed by atoms with E-state index in [1.807, 2.05) is 0 Å². The van der Waals surface area contributed by atoms with Gasteiger partial charge < -0.3 is 15.2 Å². The Balaban J connectivity index is 2.58. The topological polar surface area (TPSA) is 58.6 Å². The number of hydrogen-bond acceptors (Lipinski definition) is 4. The molecule has 4 heteroatoms. The van der Waals surface area contributed by atoms with Gasteiger partial charge in [0.05, 0.1) is 0 Å². The molecule has 0 saturated carbocycles. The lowest BCUT2D eigenvalue weighted by Gasteiger charge is -2.33. The van der Waals surface area contributed by atoms with E-state index < -0.39 is 17.2 Å². The standard InChI is InChI=1S/C10H19NO3/c1-9(2,3)14-8(12)10(13)5-4-6-11-7-10/h11,13H,4-7H2,1-3H3. The van der Waals surface area contributed by atoms with E-state index >= 15 is 0 Å². The molecule has 1 saturated heterocycles. The van der Waals surface area contributed by atoms with Gasteiger partial charge in [-0.2, -0.15) is 0 Å². The SMILES string of the molecule is CC(C)(C)OC(=O)C1(O)CCCNC1. The fourth-order valence-corrected chi connectivity index (χ4v) is 1.44. The highest BCUT2D eigenvalue weighted by molar-refractivity contribution is 5.80. The summed E-state index contributed by atoms with van der Waals surface area (Å²) in [6.45, 7) is 6.53. The summed E-state index contributed by atoms with van der Waals surface area (Å²) in [5.41, 5.74) is -1.87. The first-order chi connectivity index (χ1) is 6.33. The summed E-state index contributed by atoms with van der Waals surface area (Å²) in [5, 5.41) is 13.0. The van der Waals surface area contributed by atoms with Crippen LogP contribution in [-0.2, 0) is 9.53 Å². The lowest BCUT2D eigenvalue weighted by atomic mass is 9.94. The maximum absolute atomic E-state index is 11.6. The zero-order valence-corrected chi connectivity index (χ0v) is 9.09. The van der Waals surface area contributed by atoms with Gasteiger partial charge in [-0.25, -0.2) is 4.79 Å². The fraction of sp³-hybridized carbons (Fsp3) is 0.900. The first kappa shape index (κ1) is 11.5. The molecular weight excluding hydrogens is 182 g/mol. The number of β-amino-alcohol motifs (C(OH)–C–C–N with tert-alkyl or cyclic N) is 1. The molecule has 0 amide bonds. The average molecular weight is 201 g/mol. The minimum atomic E-state index is -1.33. The Kier molecular flexibility index (Phi) is 3.17. The van der Waals surface area contributed by atoms with Crippen LogP contribution >= 0.6 is 0 Å². The Labute approximate surface area is 84.6 Å².